The highest BCUT2D eigenvalue weighted by Crippen LogP contribution is 2.22. The molecule has 0 atom stereocenters. The first kappa shape index (κ1) is 18.9. The van der Waals surface area contributed by atoms with Gasteiger partial charge >= 0.3 is 0 Å². The summed E-state index contributed by atoms with van der Waals surface area (Å²) in [6, 6.07) is 9.35. The van der Waals surface area contributed by atoms with Crippen molar-refractivity contribution in [1.29, 1.82) is 0 Å². The van der Waals surface area contributed by atoms with Gasteiger partial charge < -0.3 is 15.1 Å². The molecule has 1 aliphatic carbocycles. The van der Waals surface area contributed by atoms with E-state index in [1.165, 1.54) is 23.8 Å². The average molecular weight is 368 g/mol. The molecule has 1 aromatic carbocycles. The zero-order chi connectivity index (χ0) is 19.1. The number of rotatable bonds is 8. The first-order chi connectivity index (χ1) is 13.1. The van der Waals surface area contributed by atoms with E-state index in [1.807, 2.05) is 18.2 Å². The number of hydrogen-bond acceptors (Lipinski definition) is 4. The largest absolute Gasteiger partial charge is 0.467 e. The van der Waals surface area contributed by atoms with E-state index >= 15 is 0 Å². The van der Waals surface area contributed by atoms with Crippen molar-refractivity contribution in [3.05, 3.63) is 59.0 Å². The van der Waals surface area contributed by atoms with Gasteiger partial charge in [-0.25, -0.2) is 0 Å². The molecule has 1 heterocycles. The summed E-state index contributed by atoms with van der Waals surface area (Å²) >= 11 is 0. The van der Waals surface area contributed by atoms with Gasteiger partial charge in [0.25, 0.3) is 0 Å². The highest BCUT2D eigenvalue weighted by Gasteiger charge is 2.14. The number of nitrogens with one attached hydrogen (secondary N) is 2. The first-order valence-electron chi connectivity index (χ1n) is 9.32. The average Bonchev–Trinajstić information content (AvgIpc) is 3.22. The van der Waals surface area contributed by atoms with E-state index in [0.717, 1.165) is 19.3 Å². The third-order valence-electron chi connectivity index (χ3n) is 4.74. The summed E-state index contributed by atoms with van der Waals surface area (Å²) in [5.41, 5.74) is 3.25. The molecule has 0 saturated carbocycles. The van der Waals surface area contributed by atoms with Crippen molar-refractivity contribution < 1.29 is 18.8 Å². The second kappa shape index (κ2) is 9.16. The van der Waals surface area contributed by atoms with Crippen LogP contribution >= 0.6 is 0 Å². The summed E-state index contributed by atoms with van der Waals surface area (Å²) in [5, 5.41) is 5.18. The van der Waals surface area contributed by atoms with E-state index < -0.39 is 0 Å². The van der Waals surface area contributed by atoms with Crippen molar-refractivity contribution in [3.63, 3.8) is 0 Å². The summed E-state index contributed by atoms with van der Waals surface area (Å²) in [7, 11) is 0. The molecule has 2 amide bonds. The Labute approximate surface area is 158 Å². The van der Waals surface area contributed by atoms with Gasteiger partial charge in [-0.15, -0.1) is 0 Å². The fraction of sp³-hybridized carbons (Fsp3) is 0.381. The molecule has 1 aromatic heterocycles. The monoisotopic (exact) mass is 368 g/mol. The predicted molar refractivity (Wildman–Crippen MR) is 100 cm³/mol. The van der Waals surface area contributed by atoms with Gasteiger partial charge in [-0.3, -0.25) is 14.4 Å². The molecule has 0 unspecified atom stereocenters. The lowest BCUT2D eigenvalue weighted by Crippen LogP contribution is -2.36. The number of furan rings is 1. The fourth-order valence-corrected chi connectivity index (χ4v) is 3.21. The van der Waals surface area contributed by atoms with Crippen LogP contribution in [0.25, 0.3) is 0 Å². The Hall–Kier alpha value is -2.89. The third kappa shape index (κ3) is 5.54. The van der Waals surface area contributed by atoms with Crippen LogP contribution in [0.1, 0.15) is 52.9 Å². The molecule has 0 aliphatic heterocycles. The minimum Gasteiger partial charge on any atom is -0.467 e. The molecule has 0 radical (unpaired) electrons. The first-order valence-corrected chi connectivity index (χ1v) is 9.32. The number of fused-ring (bicyclic) bond motifs is 1. The third-order valence-corrected chi connectivity index (χ3v) is 4.74. The number of ketones is 1. The van der Waals surface area contributed by atoms with Crippen LogP contribution < -0.4 is 10.6 Å². The lowest BCUT2D eigenvalue weighted by atomic mass is 9.89. The number of aryl methyl sites for hydroxylation is 2. The number of amides is 2. The van der Waals surface area contributed by atoms with Gasteiger partial charge in [0.15, 0.2) is 5.78 Å². The molecule has 0 fully saturated rings. The maximum atomic E-state index is 12.3. The fourth-order valence-electron chi connectivity index (χ4n) is 3.21. The Balaban J connectivity index is 1.38. The van der Waals surface area contributed by atoms with E-state index in [2.05, 4.69) is 10.6 Å². The second-order valence-corrected chi connectivity index (χ2v) is 6.75. The molecular weight excluding hydrogens is 344 g/mol. The summed E-state index contributed by atoms with van der Waals surface area (Å²) in [6.45, 7) is 0.158. The number of Topliss-reactive ketones (excluding diaryl/α,β-unsaturated/α-hetero) is 1. The van der Waals surface area contributed by atoms with Crippen molar-refractivity contribution in [1.82, 2.24) is 10.6 Å². The minimum absolute atomic E-state index is 0.0409. The van der Waals surface area contributed by atoms with Crippen LogP contribution in [0.3, 0.4) is 0 Å². The van der Waals surface area contributed by atoms with Crippen LogP contribution in [0.5, 0.6) is 0 Å². The topological polar surface area (TPSA) is 88.4 Å². The quantitative estimate of drug-likeness (QED) is 0.701. The van der Waals surface area contributed by atoms with E-state index in [4.69, 9.17) is 4.42 Å². The normalized spacial score (nSPS) is 12.9. The van der Waals surface area contributed by atoms with Crippen LogP contribution in [0.4, 0.5) is 0 Å². The maximum absolute atomic E-state index is 12.3. The van der Waals surface area contributed by atoms with Gasteiger partial charge in [-0.1, -0.05) is 12.1 Å². The number of hydrogen-bond donors (Lipinski definition) is 2. The highest BCUT2D eigenvalue weighted by molar-refractivity contribution is 5.98. The van der Waals surface area contributed by atoms with Crippen molar-refractivity contribution in [2.24, 2.45) is 0 Å². The molecule has 6 nitrogen and oxygen atoms in total. The number of carbonyl (C=O) groups is 3. The van der Waals surface area contributed by atoms with Gasteiger partial charge in [-0.05, 0) is 55.0 Å². The molecule has 2 N–H and O–H groups in total. The van der Waals surface area contributed by atoms with Crippen LogP contribution in [-0.4, -0.2) is 24.1 Å². The summed E-state index contributed by atoms with van der Waals surface area (Å²) in [4.78, 5) is 35.9. The maximum Gasteiger partial charge on any atom is 0.239 e. The molecule has 1 aliphatic rings. The van der Waals surface area contributed by atoms with Crippen molar-refractivity contribution >= 4 is 17.6 Å². The van der Waals surface area contributed by atoms with E-state index in [9.17, 15) is 14.4 Å². The molecular formula is C21H24N2O4. The molecule has 142 valence electrons. The summed E-state index contributed by atoms with van der Waals surface area (Å²) in [6.07, 6.45) is 6.20. The Morgan fingerprint density at radius 1 is 0.926 bits per heavy atom. The lowest BCUT2D eigenvalue weighted by molar-refractivity contribution is -0.126. The Kier molecular flexibility index (Phi) is 6.41. The van der Waals surface area contributed by atoms with Gasteiger partial charge in [0.05, 0.1) is 19.4 Å². The smallest absolute Gasteiger partial charge is 0.239 e. The van der Waals surface area contributed by atoms with Gasteiger partial charge in [0.1, 0.15) is 5.76 Å². The molecule has 0 spiro atoms. The molecule has 0 saturated heterocycles. The zero-order valence-corrected chi connectivity index (χ0v) is 15.3. The zero-order valence-electron chi connectivity index (χ0n) is 15.3. The van der Waals surface area contributed by atoms with Gasteiger partial charge in [-0.2, -0.15) is 0 Å². The van der Waals surface area contributed by atoms with E-state index in [0.29, 0.717) is 11.3 Å². The van der Waals surface area contributed by atoms with Gasteiger partial charge in [0, 0.05) is 18.4 Å². The van der Waals surface area contributed by atoms with Crippen molar-refractivity contribution in [3.8, 4) is 0 Å². The van der Waals surface area contributed by atoms with Crippen LogP contribution in [0.2, 0.25) is 0 Å². The van der Waals surface area contributed by atoms with Gasteiger partial charge in [0.2, 0.25) is 11.8 Å². The SMILES string of the molecule is O=C(CCC(=O)c1ccc2c(c1)CCCC2)NCC(=O)NCc1ccco1. The summed E-state index contributed by atoms with van der Waals surface area (Å²) in [5.74, 6) is -0.0126. The Morgan fingerprint density at radius 3 is 2.52 bits per heavy atom. The number of carbonyl (C=O) groups excluding carboxylic acids is 3. The van der Waals surface area contributed by atoms with Crippen LogP contribution in [-0.2, 0) is 29.0 Å². The second-order valence-electron chi connectivity index (χ2n) is 6.75. The molecule has 0 bridgehead atoms. The van der Waals surface area contributed by atoms with E-state index in [-0.39, 0.29) is 43.5 Å². The lowest BCUT2D eigenvalue weighted by Gasteiger charge is -2.16. The van der Waals surface area contributed by atoms with E-state index in [1.54, 1.807) is 12.1 Å². The number of benzene rings is 1. The van der Waals surface area contributed by atoms with Crippen LogP contribution in [0, 0.1) is 0 Å². The predicted octanol–water partition coefficient (Wildman–Crippen LogP) is 2.55. The Bertz CT molecular complexity index is 812. The minimum atomic E-state index is -0.311. The Morgan fingerprint density at radius 2 is 1.74 bits per heavy atom. The molecule has 6 heteroatoms. The highest BCUT2D eigenvalue weighted by atomic mass is 16.3. The standard InChI is InChI=1S/C21H24N2O4/c24-19(17-8-7-15-4-1-2-5-16(15)12-17)9-10-20(25)23-14-21(26)22-13-18-6-3-11-27-18/h3,6-8,11-12H,1-2,4-5,9-10,13-14H2,(H,22,26)(H,23,25). The molecule has 2 aromatic rings. The van der Waals surface area contributed by atoms with Crippen molar-refractivity contribution in [2.75, 3.05) is 6.54 Å². The van der Waals surface area contributed by atoms with Crippen molar-refractivity contribution in [2.45, 2.75) is 45.1 Å². The summed E-state index contributed by atoms with van der Waals surface area (Å²) < 4.78 is 5.11. The molecule has 3 rings (SSSR count). The molecule has 27 heavy (non-hydrogen) atoms. The van der Waals surface area contributed by atoms with Crippen LogP contribution in [0.15, 0.2) is 41.0 Å².